The van der Waals surface area contributed by atoms with Crippen molar-refractivity contribution in [2.75, 3.05) is 24.7 Å². The zero-order chi connectivity index (χ0) is 9.97. The quantitative estimate of drug-likeness (QED) is 0.610. The summed E-state index contributed by atoms with van der Waals surface area (Å²) >= 11 is 3.52. The molecular formula is C9H11BrN2O2. The lowest BCUT2D eigenvalue weighted by atomic mass is 10.3. The second-order valence-corrected chi connectivity index (χ2v) is 4.13. The van der Waals surface area contributed by atoms with E-state index < -0.39 is 0 Å². The number of alkyl halides is 1. The number of pyridine rings is 1. The number of morpholine rings is 1. The van der Waals surface area contributed by atoms with E-state index >= 15 is 0 Å². The van der Waals surface area contributed by atoms with Crippen LogP contribution < -0.4 is 4.90 Å². The number of nitrogens with zero attached hydrogens (tertiary/aromatic N) is 2. The fourth-order valence-electron chi connectivity index (χ4n) is 1.41. The summed E-state index contributed by atoms with van der Waals surface area (Å²) in [6.07, 6.45) is 1.66. The number of aromatic nitrogens is 1. The molecule has 0 amide bonds. The molecule has 1 aliphatic rings. The molecule has 1 unspecified atom stereocenters. The minimum absolute atomic E-state index is 0.0492. The SMILES string of the molecule is Oc1ccc(N2CCOCC2Br)cn1. The molecule has 0 saturated carbocycles. The minimum Gasteiger partial charge on any atom is -0.493 e. The highest BCUT2D eigenvalue weighted by molar-refractivity contribution is 9.09. The van der Waals surface area contributed by atoms with Crippen LogP contribution in [0.25, 0.3) is 0 Å². The molecule has 0 aromatic carbocycles. The van der Waals surface area contributed by atoms with E-state index in [2.05, 4.69) is 25.8 Å². The molecule has 4 nitrogen and oxygen atoms in total. The van der Waals surface area contributed by atoms with E-state index in [-0.39, 0.29) is 10.8 Å². The van der Waals surface area contributed by atoms with Crippen LogP contribution >= 0.6 is 15.9 Å². The van der Waals surface area contributed by atoms with Crippen molar-refractivity contribution in [2.45, 2.75) is 4.95 Å². The first kappa shape index (κ1) is 9.73. The number of rotatable bonds is 1. The van der Waals surface area contributed by atoms with Crippen molar-refractivity contribution in [2.24, 2.45) is 0 Å². The Kier molecular flexibility index (Phi) is 2.88. The van der Waals surface area contributed by atoms with Crippen molar-refractivity contribution in [3.8, 4) is 5.88 Å². The zero-order valence-electron chi connectivity index (χ0n) is 7.56. The van der Waals surface area contributed by atoms with Crippen molar-refractivity contribution in [3.63, 3.8) is 0 Å². The largest absolute Gasteiger partial charge is 0.493 e. The summed E-state index contributed by atoms with van der Waals surface area (Å²) in [4.78, 5) is 6.17. The van der Waals surface area contributed by atoms with Crippen LogP contribution in [-0.2, 0) is 4.74 Å². The average Bonchev–Trinajstić information content (AvgIpc) is 2.20. The molecule has 1 atom stereocenters. The van der Waals surface area contributed by atoms with Gasteiger partial charge < -0.3 is 14.7 Å². The van der Waals surface area contributed by atoms with Gasteiger partial charge in [0, 0.05) is 12.6 Å². The highest BCUT2D eigenvalue weighted by Crippen LogP contribution is 2.22. The predicted molar refractivity (Wildman–Crippen MR) is 56.8 cm³/mol. The van der Waals surface area contributed by atoms with Gasteiger partial charge in [-0.3, -0.25) is 0 Å². The normalized spacial score (nSPS) is 22.4. The minimum atomic E-state index is 0.0492. The van der Waals surface area contributed by atoms with E-state index in [1.165, 1.54) is 0 Å². The van der Waals surface area contributed by atoms with Gasteiger partial charge in [-0.2, -0.15) is 0 Å². The van der Waals surface area contributed by atoms with Gasteiger partial charge in [0.15, 0.2) is 0 Å². The van der Waals surface area contributed by atoms with Gasteiger partial charge >= 0.3 is 0 Å². The first-order valence-electron chi connectivity index (χ1n) is 4.41. The first-order chi connectivity index (χ1) is 6.77. The molecule has 0 radical (unpaired) electrons. The molecule has 0 aliphatic carbocycles. The van der Waals surface area contributed by atoms with Crippen LogP contribution in [0.15, 0.2) is 18.3 Å². The van der Waals surface area contributed by atoms with E-state index in [0.717, 1.165) is 18.8 Å². The van der Waals surface area contributed by atoms with Crippen molar-refractivity contribution in [1.29, 1.82) is 0 Å². The van der Waals surface area contributed by atoms with E-state index in [9.17, 15) is 0 Å². The van der Waals surface area contributed by atoms with Crippen LogP contribution in [0.1, 0.15) is 0 Å². The van der Waals surface area contributed by atoms with Crippen LogP contribution in [0.5, 0.6) is 5.88 Å². The summed E-state index contributed by atoms with van der Waals surface area (Å²) in [7, 11) is 0. The Bertz CT molecular complexity index is 304. The average molecular weight is 259 g/mol. The third kappa shape index (κ3) is 1.99. The Hall–Kier alpha value is -0.810. The highest BCUT2D eigenvalue weighted by atomic mass is 79.9. The van der Waals surface area contributed by atoms with Gasteiger partial charge in [0.05, 0.1) is 25.1 Å². The van der Waals surface area contributed by atoms with E-state index in [4.69, 9.17) is 9.84 Å². The van der Waals surface area contributed by atoms with Crippen molar-refractivity contribution in [1.82, 2.24) is 4.98 Å². The lowest BCUT2D eigenvalue weighted by Crippen LogP contribution is -2.41. The Morgan fingerprint density at radius 3 is 3.07 bits per heavy atom. The van der Waals surface area contributed by atoms with Crippen LogP contribution in [-0.4, -0.2) is 34.8 Å². The second kappa shape index (κ2) is 4.14. The summed E-state index contributed by atoms with van der Waals surface area (Å²) in [5.41, 5.74) is 0.993. The Morgan fingerprint density at radius 2 is 2.43 bits per heavy atom. The van der Waals surface area contributed by atoms with Gasteiger partial charge in [-0.1, -0.05) is 15.9 Å². The maximum atomic E-state index is 9.05. The molecule has 2 rings (SSSR count). The van der Waals surface area contributed by atoms with Crippen LogP contribution in [0.3, 0.4) is 0 Å². The lowest BCUT2D eigenvalue weighted by molar-refractivity contribution is 0.116. The second-order valence-electron chi connectivity index (χ2n) is 3.08. The third-order valence-corrected chi connectivity index (χ3v) is 2.89. The standard InChI is InChI=1S/C9H11BrN2O2/c10-8-6-14-4-3-12(8)7-1-2-9(13)11-5-7/h1-2,5,8H,3-4,6H2,(H,11,13). The molecule has 1 saturated heterocycles. The number of hydrogen-bond donors (Lipinski definition) is 1. The Labute approximate surface area is 90.6 Å². The monoisotopic (exact) mass is 258 g/mol. The molecule has 0 bridgehead atoms. The first-order valence-corrected chi connectivity index (χ1v) is 5.32. The molecule has 1 aromatic rings. The van der Waals surface area contributed by atoms with Crippen molar-refractivity contribution >= 4 is 21.6 Å². The number of anilines is 1. The molecule has 14 heavy (non-hydrogen) atoms. The molecule has 1 aromatic heterocycles. The molecule has 76 valence electrons. The molecule has 5 heteroatoms. The van der Waals surface area contributed by atoms with Gasteiger partial charge in [0.2, 0.25) is 5.88 Å². The predicted octanol–water partition coefficient (Wildman–Crippen LogP) is 1.34. The smallest absolute Gasteiger partial charge is 0.210 e. The third-order valence-electron chi connectivity index (χ3n) is 2.13. The van der Waals surface area contributed by atoms with E-state index in [0.29, 0.717) is 6.61 Å². The number of aromatic hydroxyl groups is 1. The van der Waals surface area contributed by atoms with Gasteiger partial charge in [-0.25, -0.2) is 4.98 Å². The molecule has 1 aliphatic heterocycles. The fourth-order valence-corrected chi connectivity index (χ4v) is 2.04. The molecule has 0 spiro atoms. The summed E-state index contributed by atoms with van der Waals surface area (Å²) < 4.78 is 5.30. The Balaban J connectivity index is 2.16. The van der Waals surface area contributed by atoms with Crippen LogP contribution in [0.2, 0.25) is 0 Å². The zero-order valence-corrected chi connectivity index (χ0v) is 9.14. The van der Waals surface area contributed by atoms with E-state index in [1.807, 2.05) is 6.07 Å². The van der Waals surface area contributed by atoms with E-state index in [1.54, 1.807) is 12.3 Å². The molecule has 2 heterocycles. The van der Waals surface area contributed by atoms with Gasteiger partial charge in [-0.15, -0.1) is 0 Å². The highest BCUT2D eigenvalue weighted by Gasteiger charge is 2.20. The summed E-state index contributed by atoms with van der Waals surface area (Å²) in [5, 5.41) is 9.05. The topological polar surface area (TPSA) is 45.6 Å². The Morgan fingerprint density at radius 1 is 1.57 bits per heavy atom. The van der Waals surface area contributed by atoms with Crippen molar-refractivity contribution in [3.05, 3.63) is 18.3 Å². The van der Waals surface area contributed by atoms with Gasteiger partial charge in [-0.05, 0) is 6.07 Å². The lowest BCUT2D eigenvalue weighted by Gasteiger charge is -2.33. The maximum absolute atomic E-state index is 9.05. The fraction of sp³-hybridized carbons (Fsp3) is 0.444. The number of halogens is 1. The summed E-state index contributed by atoms with van der Waals surface area (Å²) in [6.45, 7) is 2.23. The van der Waals surface area contributed by atoms with Gasteiger partial charge in [0.25, 0.3) is 0 Å². The van der Waals surface area contributed by atoms with Crippen LogP contribution in [0, 0.1) is 0 Å². The molecule has 1 N–H and O–H groups in total. The molecule has 1 fully saturated rings. The number of ether oxygens (including phenoxy) is 1. The summed E-state index contributed by atoms with van der Waals surface area (Å²) in [6, 6.07) is 3.44. The number of hydrogen-bond acceptors (Lipinski definition) is 4. The molecular weight excluding hydrogens is 248 g/mol. The van der Waals surface area contributed by atoms with Crippen molar-refractivity contribution < 1.29 is 9.84 Å². The van der Waals surface area contributed by atoms with Gasteiger partial charge in [0.1, 0.15) is 4.95 Å². The maximum Gasteiger partial charge on any atom is 0.210 e. The van der Waals surface area contributed by atoms with Crippen LogP contribution in [0.4, 0.5) is 5.69 Å². The summed E-state index contributed by atoms with van der Waals surface area (Å²) in [5.74, 6) is 0.0492.